The Morgan fingerprint density at radius 3 is 2.75 bits per heavy atom. The number of aryl methyl sites for hydroxylation is 1. The van der Waals surface area contributed by atoms with Crippen LogP contribution in [0.25, 0.3) is 0 Å². The van der Waals surface area contributed by atoms with Gasteiger partial charge < -0.3 is 16.0 Å². The number of aromatic nitrogens is 1. The Bertz CT molecular complexity index is 802. The van der Waals surface area contributed by atoms with Gasteiger partial charge in [0.2, 0.25) is 11.8 Å². The van der Waals surface area contributed by atoms with Crippen molar-refractivity contribution in [1.29, 1.82) is 0 Å². The van der Waals surface area contributed by atoms with Gasteiger partial charge in [-0.1, -0.05) is 18.2 Å². The lowest BCUT2D eigenvalue weighted by Gasteiger charge is -2.14. The molecule has 7 heteroatoms. The van der Waals surface area contributed by atoms with E-state index in [9.17, 15) is 14.4 Å². The maximum Gasteiger partial charge on any atom is 0.254 e. The SMILES string of the molecule is Cc1ccc(NC(=O)CC2NC(=O)c3ccccc3NC2=O)nc1. The third-order valence-electron chi connectivity index (χ3n) is 3.62. The van der Waals surface area contributed by atoms with Crippen molar-refractivity contribution in [1.82, 2.24) is 10.3 Å². The van der Waals surface area contributed by atoms with Gasteiger partial charge in [-0.2, -0.15) is 0 Å². The maximum absolute atomic E-state index is 12.2. The van der Waals surface area contributed by atoms with E-state index in [4.69, 9.17) is 0 Å². The van der Waals surface area contributed by atoms with Crippen molar-refractivity contribution in [3.05, 3.63) is 53.7 Å². The lowest BCUT2D eigenvalue weighted by molar-refractivity contribution is -0.122. The van der Waals surface area contributed by atoms with Crippen LogP contribution < -0.4 is 16.0 Å². The fourth-order valence-corrected chi connectivity index (χ4v) is 2.38. The molecule has 122 valence electrons. The summed E-state index contributed by atoms with van der Waals surface area (Å²) < 4.78 is 0. The number of carbonyl (C=O) groups excluding carboxylic acids is 3. The largest absolute Gasteiger partial charge is 0.340 e. The van der Waals surface area contributed by atoms with Crippen LogP contribution in [0.5, 0.6) is 0 Å². The summed E-state index contributed by atoms with van der Waals surface area (Å²) in [4.78, 5) is 40.6. The molecule has 2 heterocycles. The van der Waals surface area contributed by atoms with E-state index in [1.165, 1.54) is 0 Å². The number of benzene rings is 1. The average Bonchev–Trinajstić information content (AvgIpc) is 2.67. The van der Waals surface area contributed by atoms with E-state index < -0.39 is 23.8 Å². The number of fused-ring (bicyclic) bond motifs is 1. The maximum atomic E-state index is 12.2. The number of anilines is 2. The van der Waals surface area contributed by atoms with Crippen LogP contribution in [0, 0.1) is 6.92 Å². The summed E-state index contributed by atoms with van der Waals surface area (Å²) in [5.74, 6) is -0.831. The molecule has 1 aliphatic heterocycles. The molecule has 3 amide bonds. The molecular formula is C17H16N4O3. The van der Waals surface area contributed by atoms with Crippen molar-refractivity contribution < 1.29 is 14.4 Å². The number of nitrogens with zero attached hydrogens (tertiary/aromatic N) is 1. The lowest BCUT2D eigenvalue weighted by atomic mass is 10.1. The molecule has 0 spiro atoms. The molecule has 24 heavy (non-hydrogen) atoms. The van der Waals surface area contributed by atoms with Crippen molar-refractivity contribution in [2.24, 2.45) is 0 Å². The summed E-state index contributed by atoms with van der Waals surface area (Å²) in [5, 5.41) is 7.85. The van der Waals surface area contributed by atoms with Crippen molar-refractivity contribution >= 4 is 29.2 Å². The zero-order valence-electron chi connectivity index (χ0n) is 13.0. The second kappa shape index (κ2) is 6.49. The highest BCUT2D eigenvalue weighted by molar-refractivity contribution is 6.11. The number of pyridine rings is 1. The Balaban J connectivity index is 1.69. The Labute approximate surface area is 138 Å². The quantitative estimate of drug-likeness (QED) is 0.796. The standard InChI is InChI=1S/C17H16N4O3/c1-10-6-7-14(18-9-10)21-15(22)8-13-17(24)19-12-5-3-2-4-11(12)16(23)20-13/h2-7,9,13H,8H2,1H3,(H,19,24)(H,20,23)(H,18,21,22). The van der Waals surface area contributed by atoms with Crippen LogP contribution in [-0.2, 0) is 9.59 Å². The smallest absolute Gasteiger partial charge is 0.254 e. The molecule has 0 bridgehead atoms. The van der Waals surface area contributed by atoms with Crippen molar-refractivity contribution in [3.8, 4) is 0 Å². The number of carbonyl (C=O) groups is 3. The fourth-order valence-electron chi connectivity index (χ4n) is 2.38. The second-order valence-corrected chi connectivity index (χ2v) is 5.53. The first-order chi connectivity index (χ1) is 11.5. The van der Waals surface area contributed by atoms with Gasteiger partial charge in [0.15, 0.2) is 0 Å². The van der Waals surface area contributed by atoms with Gasteiger partial charge in [0.05, 0.1) is 17.7 Å². The molecule has 0 saturated heterocycles. The third-order valence-corrected chi connectivity index (χ3v) is 3.62. The van der Waals surface area contributed by atoms with Crippen LogP contribution in [0.3, 0.4) is 0 Å². The first-order valence-corrected chi connectivity index (χ1v) is 7.46. The monoisotopic (exact) mass is 324 g/mol. The van der Waals surface area contributed by atoms with E-state index in [2.05, 4.69) is 20.9 Å². The minimum atomic E-state index is -0.949. The first kappa shape index (κ1) is 15.7. The minimum absolute atomic E-state index is 0.179. The van der Waals surface area contributed by atoms with Gasteiger partial charge in [-0.3, -0.25) is 14.4 Å². The zero-order valence-corrected chi connectivity index (χ0v) is 13.0. The van der Waals surface area contributed by atoms with Gasteiger partial charge >= 0.3 is 0 Å². The number of amides is 3. The van der Waals surface area contributed by atoms with Crippen LogP contribution in [0.4, 0.5) is 11.5 Å². The molecule has 7 nitrogen and oxygen atoms in total. The van der Waals surface area contributed by atoms with E-state index in [0.717, 1.165) is 5.56 Å². The second-order valence-electron chi connectivity index (χ2n) is 5.53. The molecule has 0 radical (unpaired) electrons. The van der Waals surface area contributed by atoms with E-state index in [1.54, 1.807) is 36.5 Å². The summed E-state index contributed by atoms with van der Waals surface area (Å²) in [5.41, 5.74) is 1.78. The molecule has 1 unspecified atom stereocenters. The fraction of sp³-hybridized carbons (Fsp3) is 0.176. The molecule has 1 aromatic carbocycles. The van der Waals surface area contributed by atoms with Crippen LogP contribution in [0.15, 0.2) is 42.6 Å². The number of rotatable bonds is 3. The van der Waals surface area contributed by atoms with Gasteiger partial charge in [0.25, 0.3) is 5.91 Å². The van der Waals surface area contributed by atoms with Crippen molar-refractivity contribution in [2.45, 2.75) is 19.4 Å². The number of nitrogens with one attached hydrogen (secondary N) is 3. The summed E-state index contributed by atoms with van der Waals surface area (Å²) in [7, 11) is 0. The Kier molecular flexibility index (Phi) is 4.24. The van der Waals surface area contributed by atoms with Crippen molar-refractivity contribution in [2.75, 3.05) is 10.6 Å². The molecule has 3 N–H and O–H groups in total. The normalized spacial score (nSPS) is 16.5. The lowest BCUT2D eigenvalue weighted by Crippen LogP contribution is -2.43. The molecule has 0 aliphatic carbocycles. The zero-order chi connectivity index (χ0) is 17.1. The number of hydrogen-bond donors (Lipinski definition) is 3. The van der Waals surface area contributed by atoms with Gasteiger partial charge in [0, 0.05) is 6.20 Å². The van der Waals surface area contributed by atoms with Crippen LogP contribution in [-0.4, -0.2) is 28.7 Å². The van der Waals surface area contributed by atoms with Crippen LogP contribution >= 0.6 is 0 Å². The first-order valence-electron chi connectivity index (χ1n) is 7.46. The summed E-state index contributed by atoms with van der Waals surface area (Å²) in [6.45, 7) is 1.89. The number of para-hydroxylation sites is 1. The minimum Gasteiger partial charge on any atom is -0.340 e. The van der Waals surface area contributed by atoms with E-state index in [-0.39, 0.29) is 6.42 Å². The van der Waals surface area contributed by atoms with Gasteiger partial charge in [-0.15, -0.1) is 0 Å². The Morgan fingerprint density at radius 1 is 1.21 bits per heavy atom. The molecule has 0 saturated carbocycles. The molecule has 1 aromatic heterocycles. The highest BCUT2D eigenvalue weighted by atomic mass is 16.2. The summed E-state index contributed by atoms with van der Waals surface area (Å²) in [6, 6.07) is 9.24. The highest BCUT2D eigenvalue weighted by Gasteiger charge is 2.29. The van der Waals surface area contributed by atoms with E-state index >= 15 is 0 Å². The Hall–Kier alpha value is -3.22. The molecule has 0 fully saturated rings. The van der Waals surface area contributed by atoms with E-state index in [0.29, 0.717) is 17.1 Å². The summed E-state index contributed by atoms with van der Waals surface area (Å²) >= 11 is 0. The van der Waals surface area contributed by atoms with Gasteiger partial charge in [-0.05, 0) is 30.7 Å². The van der Waals surface area contributed by atoms with Crippen LogP contribution in [0.2, 0.25) is 0 Å². The van der Waals surface area contributed by atoms with Crippen molar-refractivity contribution in [3.63, 3.8) is 0 Å². The predicted molar refractivity (Wildman–Crippen MR) is 88.5 cm³/mol. The molecule has 3 rings (SSSR count). The third kappa shape index (κ3) is 3.40. The van der Waals surface area contributed by atoms with E-state index in [1.807, 2.05) is 13.0 Å². The van der Waals surface area contributed by atoms with Gasteiger partial charge in [-0.25, -0.2) is 4.98 Å². The molecule has 1 atom stereocenters. The Morgan fingerprint density at radius 2 is 2.00 bits per heavy atom. The number of hydrogen-bond acceptors (Lipinski definition) is 4. The predicted octanol–water partition coefficient (Wildman–Crippen LogP) is 1.47. The topological polar surface area (TPSA) is 100 Å². The summed E-state index contributed by atoms with van der Waals surface area (Å²) in [6.07, 6.45) is 1.45. The highest BCUT2D eigenvalue weighted by Crippen LogP contribution is 2.19. The molecular weight excluding hydrogens is 308 g/mol. The molecule has 1 aliphatic rings. The van der Waals surface area contributed by atoms with Crippen LogP contribution in [0.1, 0.15) is 22.3 Å². The average molecular weight is 324 g/mol. The molecule has 2 aromatic rings. The van der Waals surface area contributed by atoms with Gasteiger partial charge in [0.1, 0.15) is 11.9 Å².